The molecule has 43 heavy (non-hydrogen) atoms. The van der Waals surface area contributed by atoms with E-state index in [1.807, 2.05) is 42.5 Å². The van der Waals surface area contributed by atoms with E-state index in [-0.39, 0.29) is 47.5 Å². The number of benzene rings is 2. The van der Waals surface area contributed by atoms with Gasteiger partial charge in [-0.15, -0.1) is 24.9 Å². The van der Waals surface area contributed by atoms with Crippen LogP contribution in [-0.2, 0) is 20.9 Å². The van der Waals surface area contributed by atoms with Crippen molar-refractivity contribution in [1.29, 1.82) is 0 Å². The summed E-state index contributed by atoms with van der Waals surface area (Å²) in [7, 11) is 1.59. The Balaban J connectivity index is 1.53. The highest BCUT2D eigenvalue weighted by Gasteiger charge is 2.76. The van der Waals surface area contributed by atoms with Crippen LogP contribution in [-0.4, -0.2) is 86.8 Å². The first-order valence-corrected chi connectivity index (χ1v) is 16.3. The predicted octanol–water partition coefficient (Wildman–Crippen LogP) is 4.28. The number of amides is 3. The summed E-state index contributed by atoms with van der Waals surface area (Å²) in [6.45, 7) is 8.89. The number of nitrogens with zero attached hydrogens (tertiary/aromatic N) is 3. The standard InChI is InChI=1S/C33H38BrN3O5S/c1-4-16-35(21-22-10-7-6-8-11-22)30(39)26-27-31(40)37(18-9-19-38)29(33(27)20-25(34)28(26)43-33)32(41)36(17-5-2)23-12-14-24(42-3)15-13-23/h4-8,10-15,25-29,38H,1-2,9,16-21H2,3H3/t25?,26-,27+,28-,29?,33?/m1/s1. The topological polar surface area (TPSA) is 90.4 Å². The van der Waals surface area contributed by atoms with Gasteiger partial charge in [-0.05, 0) is 42.7 Å². The predicted molar refractivity (Wildman–Crippen MR) is 173 cm³/mol. The van der Waals surface area contributed by atoms with Gasteiger partial charge in [0.25, 0.3) is 5.91 Å². The summed E-state index contributed by atoms with van der Waals surface area (Å²) in [6, 6.07) is 16.2. The smallest absolute Gasteiger partial charge is 0.251 e. The van der Waals surface area contributed by atoms with Crippen molar-refractivity contribution in [1.82, 2.24) is 9.80 Å². The van der Waals surface area contributed by atoms with Gasteiger partial charge in [-0.25, -0.2) is 0 Å². The van der Waals surface area contributed by atoms with E-state index in [0.717, 1.165) is 5.56 Å². The number of hydrogen-bond acceptors (Lipinski definition) is 6. The number of carbonyl (C=O) groups is 3. The normalized spacial score (nSPS) is 27.1. The fourth-order valence-corrected chi connectivity index (χ4v) is 10.5. The lowest BCUT2D eigenvalue weighted by Gasteiger charge is -2.38. The van der Waals surface area contributed by atoms with Crippen molar-refractivity contribution in [3.05, 3.63) is 85.5 Å². The van der Waals surface area contributed by atoms with Gasteiger partial charge in [-0.1, -0.05) is 58.4 Å². The monoisotopic (exact) mass is 667 g/mol. The lowest BCUT2D eigenvalue weighted by Crippen LogP contribution is -2.56. The number of aliphatic hydroxyl groups is 1. The summed E-state index contributed by atoms with van der Waals surface area (Å²) >= 11 is 5.46. The number of aliphatic hydroxyl groups excluding tert-OH is 1. The minimum atomic E-state index is -0.798. The van der Waals surface area contributed by atoms with Gasteiger partial charge in [0.2, 0.25) is 11.8 Å². The Kier molecular flexibility index (Phi) is 9.68. The zero-order chi connectivity index (χ0) is 30.7. The first-order valence-electron chi connectivity index (χ1n) is 14.5. The molecule has 3 amide bonds. The lowest BCUT2D eigenvalue weighted by molar-refractivity contribution is -0.144. The fourth-order valence-electron chi connectivity index (χ4n) is 6.94. The number of alkyl halides is 1. The maximum atomic E-state index is 14.6. The molecule has 3 fully saturated rings. The Hall–Kier alpha value is -3.08. The Morgan fingerprint density at radius 3 is 2.44 bits per heavy atom. The van der Waals surface area contributed by atoms with Crippen LogP contribution in [0.4, 0.5) is 5.69 Å². The van der Waals surface area contributed by atoms with Crippen molar-refractivity contribution in [3.63, 3.8) is 0 Å². The highest BCUT2D eigenvalue weighted by Crippen LogP contribution is 2.68. The number of methoxy groups -OCH3 is 1. The summed E-state index contributed by atoms with van der Waals surface area (Å²) in [5.74, 6) is -1.08. The molecule has 3 heterocycles. The number of halogens is 1. The SMILES string of the molecule is C=CCN(Cc1ccccc1)C(=O)[C@H]1[C@@H]2SC3(CC2Br)C(C(=O)N(CC=C)c2ccc(OC)cc2)N(CCCO)C(=O)[C@H]13. The fraction of sp³-hybridized carbons (Fsp3) is 0.424. The molecule has 10 heteroatoms. The first kappa shape index (κ1) is 31.3. The van der Waals surface area contributed by atoms with Crippen molar-refractivity contribution >= 4 is 51.1 Å². The molecule has 0 aliphatic carbocycles. The van der Waals surface area contributed by atoms with E-state index in [1.165, 1.54) is 0 Å². The summed E-state index contributed by atoms with van der Waals surface area (Å²) in [5.41, 5.74) is 1.66. The van der Waals surface area contributed by atoms with Gasteiger partial charge >= 0.3 is 0 Å². The van der Waals surface area contributed by atoms with E-state index in [4.69, 9.17) is 4.74 Å². The van der Waals surface area contributed by atoms with E-state index in [0.29, 0.717) is 37.4 Å². The first-order chi connectivity index (χ1) is 20.8. The summed E-state index contributed by atoms with van der Waals surface area (Å²) in [6.07, 6.45) is 4.30. The molecule has 3 aliphatic heterocycles. The highest BCUT2D eigenvalue weighted by molar-refractivity contribution is 9.09. The average Bonchev–Trinajstić information content (AvgIpc) is 3.61. The molecule has 6 atom stereocenters. The van der Waals surface area contributed by atoms with Crippen molar-refractivity contribution < 1.29 is 24.2 Å². The van der Waals surface area contributed by atoms with Crippen LogP contribution in [0.3, 0.4) is 0 Å². The molecule has 2 bridgehead atoms. The molecular weight excluding hydrogens is 630 g/mol. The second-order valence-electron chi connectivity index (χ2n) is 11.2. The minimum Gasteiger partial charge on any atom is -0.497 e. The largest absolute Gasteiger partial charge is 0.497 e. The summed E-state index contributed by atoms with van der Waals surface area (Å²) in [5, 5.41) is 9.55. The molecule has 3 unspecified atom stereocenters. The molecule has 3 aliphatic rings. The molecule has 5 rings (SSSR count). The van der Waals surface area contributed by atoms with E-state index in [2.05, 4.69) is 29.1 Å². The van der Waals surface area contributed by atoms with Crippen LogP contribution in [0.15, 0.2) is 79.9 Å². The number of rotatable bonds is 13. The molecule has 3 saturated heterocycles. The Morgan fingerprint density at radius 2 is 1.81 bits per heavy atom. The van der Waals surface area contributed by atoms with Crippen LogP contribution in [0.1, 0.15) is 18.4 Å². The van der Waals surface area contributed by atoms with Crippen LogP contribution in [0.5, 0.6) is 5.75 Å². The molecule has 0 saturated carbocycles. The number of anilines is 1. The molecule has 0 aromatic heterocycles. The average molecular weight is 669 g/mol. The lowest BCUT2D eigenvalue weighted by atomic mass is 9.70. The third kappa shape index (κ3) is 5.65. The number of fused-ring (bicyclic) bond motifs is 1. The van der Waals surface area contributed by atoms with Crippen molar-refractivity contribution in [2.45, 2.75) is 40.3 Å². The van der Waals surface area contributed by atoms with E-state index in [9.17, 15) is 19.5 Å². The third-order valence-corrected chi connectivity index (χ3v) is 11.9. The zero-order valence-corrected chi connectivity index (χ0v) is 26.7. The quantitative estimate of drug-likeness (QED) is 0.254. The molecule has 8 nitrogen and oxygen atoms in total. The number of thioether (sulfide) groups is 1. The Morgan fingerprint density at radius 1 is 1.12 bits per heavy atom. The number of ether oxygens (including phenoxy) is 1. The van der Waals surface area contributed by atoms with Gasteiger partial charge < -0.3 is 24.5 Å². The van der Waals surface area contributed by atoms with Crippen LogP contribution in [0.25, 0.3) is 0 Å². The minimum absolute atomic E-state index is 0.0419. The van der Waals surface area contributed by atoms with Crippen molar-refractivity contribution in [3.8, 4) is 5.75 Å². The second-order valence-corrected chi connectivity index (χ2v) is 13.9. The van der Waals surface area contributed by atoms with E-state index in [1.54, 1.807) is 57.9 Å². The van der Waals surface area contributed by atoms with Gasteiger partial charge in [0, 0.05) is 48.6 Å². The van der Waals surface area contributed by atoms with E-state index < -0.39 is 22.6 Å². The maximum Gasteiger partial charge on any atom is 0.251 e. The molecule has 2 aromatic carbocycles. The van der Waals surface area contributed by atoms with Gasteiger partial charge in [0.05, 0.1) is 23.7 Å². The van der Waals surface area contributed by atoms with Gasteiger partial charge in [-0.2, -0.15) is 0 Å². The molecule has 1 N–H and O–H groups in total. The Labute approximate surface area is 265 Å². The van der Waals surface area contributed by atoms with Gasteiger partial charge in [0.15, 0.2) is 0 Å². The molecule has 2 aromatic rings. The van der Waals surface area contributed by atoms with Crippen LogP contribution in [0, 0.1) is 11.8 Å². The van der Waals surface area contributed by atoms with Crippen LogP contribution < -0.4 is 9.64 Å². The highest BCUT2D eigenvalue weighted by atomic mass is 79.9. The zero-order valence-electron chi connectivity index (χ0n) is 24.3. The van der Waals surface area contributed by atoms with Crippen LogP contribution >= 0.6 is 27.7 Å². The second kappa shape index (κ2) is 13.3. The number of hydrogen-bond donors (Lipinski definition) is 1. The maximum absolute atomic E-state index is 14.6. The molecule has 228 valence electrons. The molecule has 0 radical (unpaired) electrons. The van der Waals surface area contributed by atoms with Crippen molar-refractivity contribution in [2.75, 3.05) is 38.3 Å². The van der Waals surface area contributed by atoms with Gasteiger partial charge in [-0.3, -0.25) is 14.4 Å². The molecular formula is C33H38BrN3O5S. The van der Waals surface area contributed by atoms with Crippen LogP contribution in [0.2, 0.25) is 0 Å². The summed E-state index contributed by atoms with van der Waals surface area (Å²) < 4.78 is 4.52. The van der Waals surface area contributed by atoms with E-state index >= 15 is 0 Å². The molecule has 1 spiro atoms. The number of carbonyl (C=O) groups excluding carboxylic acids is 3. The Bertz CT molecular complexity index is 1360. The third-order valence-electron chi connectivity index (χ3n) is 8.70. The van der Waals surface area contributed by atoms with Crippen molar-refractivity contribution in [2.24, 2.45) is 11.8 Å². The number of likely N-dealkylation sites (tertiary alicyclic amines) is 1. The summed E-state index contributed by atoms with van der Waals surface area (Å²) in [4.78, 5) is 48.4. The van der Waals surface area contributed by atoms with Gasteiger partial charge in [0.1, 0.15) is 11.8 Å².